The summed E-state index contributed by atoms with van der Waals surface area (Å²) < 4.78 is 0. The lowest BCUT2D eigenvalue weighted by atomic mass is 9.74. The molecular formula is C17H29N3OS. The van der Waals surface area contributed by atoms with Crippen LogP contribution in [0, 0.1) is 11.3 Å². The van der Waals surface area contributed by atoms with Crippen LogP contribution in [-0.2, 0) is 0 Å². The highest BCUT2D eigenvalue weighted by molar-refractivity contribution is 7.09. The molecule has 0 spiro atoms. The topological polar surface area (TPSA) is 45.2 Å². The van der Waals surface area contributed by atoms with Crippen molar-refractivity contribution in [3.63, 3.8) is 0 Å². The maximum absolute atomic E-state index is 12.5. The van der Waals surface area contributed by atoms with Gasteiger partial charge in [-0.2, -0.15) is 0 Å². The molecule has 1 unspecified atom stereocenters. The van der Waals surface area contributed by atoms with E-state index in [4.69, 9.17) is 0 Å². The number of nitrogens with one attached hydrogen (secondary N) is 1. The number of aromatic nitrogens is 1. The minimum Gasteiger partial charge on any atom is -0.329 e. The number of nitrogens with zero attached hydrogens (tertiary/aromatic N) is 2. The van der Waals surface area contributed by atoms with Gasteiger partial charge in [-0.3, -0.25) is 0 Å². The Hall–Kier alpha value is -1.10. The van der Waals surface area contributed by atoms with Crippen LogP contribution in [0.25, 0.3) is 0 Å². The van der Waals surface area contributed by atoms with Gasteiger partial charge in [0.2, 0.25) is 0 Å². The quantitative estimate of drug-likeness (QED) is 0.870. The van der Waals surface area contributed by atoms with E-state index in [9.17, 15) is 4.79 Å². The third kappa shape index (κ3) is 4.45. The Kier molecular flexibility index (Phi) is 5.84. The van der Waals surface area contributed by atoms with Gasteiger partial charge < -0.3 is 10.2 Å². The van der Waals surface area contributed by atoms with Gasteiger partial charge in [0.15, 0.2) is 0 Å². The summed E-state index contributed by atoms with van der Waals surface area (Å²) in [7, 11) is 0. The number of piperidine rings is 1. The fourth-order valence-electron chi connectivity index (χ4n) is 3.42. The second kappa shape index (κ2) is 7.44. The summed E-state index contributed by atoms with van der Waals surface area (Å²) in [5, 5.41) is 6.10. The number of likely N-dealkylation sites (tertiary alicyclic amines) is 1. The Morgan fingerprint density at radius 3 is 2.64 bits per heavy atom. The number of hydrogen-bond acceptors (Lipinski definition) is 3. The molecule has 22 heavy (non-hydrogen) atoms. The fourth-order valence-corrected chi connectivity index (χ4v) is 4.20. The first kappa shape index (κ1) is 17.3. The Labute approximate surface area is 138 Å². The maximum Gasteiger partial charge on any atom is 0.317 e. The lowest BCUT2D eigenvalue weighted by Crippen LogP contribution is -2.47. The summed E-state index contributed by atoms with van der Waals surface area (Å²) in [5.74, 6) is 0.722. The molecule has 0 bridgehead atoms. The van der Waals surface area contributed by atoms with Gasteiger partial charge in [-0.25, -0.2) is 9.78 Å². The molecule has 2 amide bonds. The van der Waals surface area contributed by atoms with E-state index in [0.717, 1.165) is 43.3 Å². The minimum absolute atomic E-state index is 0.0384. The number of carbonyl (C=O) groups is 1. The number of urea groups is 1. The van der Waals surface area contributed by atoms with Crippen molar-refractivity contribution in [1.82, 2.24) is 15.2 Å². The monoisotopic (exact) mass is 323 g/mol. The molecular weight excluding hydrogens is 294 g/mol. The molecule has 1 fully saturated rings. The normalized spacial score (nSPS) is 19.2. The Morgan fingerprint density at radius 1 is 1.45 bits per heavy atom. The molecule has 1 aliphatic rings. The first-order valence-electron chi connectivity index (χ1n) is 8.38. The highest BCUT2D eigenvalue weighted by atomic mass is 32.1. The molecule has 1 aromatic rings. The first-order valence-corrected chi connectivity index (χ1v) is 9.26. The Balaban J connectivity index is 1.87. The van der Waals surface area contributed by atoms with Crippen molar-refractivity contribution in [2.75, 3.05) is 13.1 Å². The largest absolute Gasteiger partial charge is 0.329 e. The van der Waals surface area contributed by atoms with E-state index in [1.807, 2.05) is 10.3 Å². The molecule has 5 heteroatoms. The van der Waals surface area contributed by atoms with Crippen LogP contribution >= 0.6 is 11.3 Å². The summed E-state index contributed by atoms with van der Waals surface area (Å²) in [6, 6.07) is 0.102. The molecule has 1 aromatic heterocycles. The summed E-state index contributed by atoms with van der Waals surface area (Å²) >= 11 is 1.61. The molecule has 0 aromatic carbocycles. The first-order chi connectivity index (χ1) is 10.4. The van der Waals surface area contributed by atoms with Crippen molar-refractivity contribution in [3.05, 3.63) is 16.6 Å². The standard InChI is InChI=1S/C17H29N3OS/c1-5-14(15-18-8-11-22-15)19-16(21)20-9-6-17(4,7-10-20)12-13(2)3/h8,11,13-14H,5-7,9-10,12H2,1-4H3,(H,19,21). The van der Waals surface area contributed by atoms with Gasteiger partial charge in [-0.15, -0.1) is 11.3 Å². The van der Waals surface area contributed by atoms with Crippen molar-refractivity contribution in [3.8, 4) is 0 Å². The van der Waals surface area contributed by atoms with Gasteiger partial charge in [0.1, 0.15) is 5.01 Å². The zero-order chi connectivity index (χ0) is 16.2. The molecule has 0 radical (unpaired) electrons. The average molecular weight is 324 g/mol. The average Bonchev–Trinajstić information content (AvgIpc) is 2.98. The lowest BCUT2D eigenvalue weighted by molar-refractivity contribution is 0.110. The van der Waals surface area contributed by atoms with E-state index >= 15 is 0 Å². The second-order valence-electron chi connectivity index (χ2n) is 7.18. The van der Waals surface area contributed by atoms with Gasteiger partial charge in [0.05, 0.1) is 6.04 Å². The van der Waals surface area contributed by atoms with Crippen LogP contribution in [0.15, 0.2) is 11.6 Å². The van der Waals surface area contributed by atoms with E-state index in [0.29, 0.717) is 5.41 Å². The Bertz CT molecular complexity index is 464. The number of rotatable bonds is 5. The predicted molar refractivity (Wildman–Crippen MR) is 92.0 cm³/mol. The van der Waals surface area contributed by atoms with Crippen LogP contribution in [0.1, 0.15) is 64.4 Å². The smallest absolute Gasteiger partial charge is 0.317 e. The highest BCUT2D eigenvalue weighted by Crippen LogP contribution is 2.37. The van der Waals surface area contributed by atoms with Crippen molar-refractivity contribution in [2.45, 2.75) is 59.4 Å². The van der Waals surface area contributed by atoms with E-state index in [1.54, 1.807) is 17.5 Å². The van der Waals surface area contributed by atoms with Crippen molar-refractivity contribution >= 4 is 17.4 Å². The van der Waals surface area contributed by atoms with Crippen LogP contribution in [-0.4, -0.2) is 29.0 Å². The molecule has 0 aliphatic carbocycles. The van der Waals surface area contributed by atoms with Gasteiger partial charge in [0, 0.05) is 24.7 Å². The molecule has 4 nitrogen and oxygen atoms in total. The summed E-state index contributed by atoms with van der Waals surface area (Å²) in [6.45, 7) is 10.7. The summed E-state index contributed by atoms with van der Waals surface area (Å²) in [5.41, 5.74) is 0.393. The molecule has 2 heterocycles. The summed E-state index contributed by atoms with van der Waals surface area (Å²) in [4.78, 5) is 18.8. The third-order valence-corrected chi connectivity index (χ3v) is 5.50. The minimum atomic E-state index is 0.0384. The third-order valence-electron chi connectivity index (χ3n) is 4.61. The number of carbonyl (C=O) groups excluding carboxylic acids is 1. The van der Waals surface area contributed by atoms with Crippen LogP contribution in [0.5, 0.6) is 0 Å². The molecule has 1 atom stereocenters. The van der Waals surface area contributed by atoms with Crippen LogP contribution in [0.4, 0.5) is 4.79 Å². The van der Waals surface area contributed by atoms with Gasteiger partial charge in [0.25, 0.3) is 0 Å². The molecule has 0 saturated carbocycles. The second-order valence-corrected chi connectivity index (χ2v) is 8.10. The van der Waals surface area contributed by atoms with Crippen LogP contribution in [0.3, 0.4) is 0 Å². The Morgan fingerprint density at radius 2 is 2.14 bits per heavy atom. The van der Waals surface area contributed by atoms with E-state index in [1.165, 1.54) is 6.42 Å². The van der Waals surface area contributed by atoms with Crippen molar-refractivity contribution in [1.29, 1.82) is 0 Å². The maximum atomic E-state index is 12.5. The number of thiazole rings is 1. The number of hydrogen-bond donors (Lipinski definition) is 1. The van der Waals surface area contributed by atoms with E-state index < -0.39 is 0 Å². The predicted octanol–water partition coefficient (Wildman–Crippen LogP) is 4.45. The zero-order valence-electron chi connectivity index (χ0n) is 14.3. The lowest BCUT2D eigenvalue weighted by Gasteiger charge is -2.40. The molecule has 1 aliphatic heterocycles. The van der Waals surface area contributed by atoms with Crippen molar-refractivity contribution in [2.24, 2.45) is 11.3 Å². The molecule has 1 saturated heterocycles. The zero-order valence-corrected chi connectivity index (χ0v) is 15.1. The van der Waals surface area contributed by atoms with Gasteiger partial charge in [-0.05, 0) is 37.0 Å². The van der Waals surface area contributed by atoms with Gasteiger partial charge in [-0.1, -0.05) is 27.7 Å². The van der Waals surface area contributed by atoms with Crippen LogP contribution < -0.4 is 5.32 Å². The number of amides is 2. The summed E-state index contributed by atoms with van der Waals surface area (Å²) in [6.07, 6.45) is 6.13. The fraction of sp³-hybridized carbons (Fsp3) is 0.765. The molecule has 124 valence electrons. The van der Waals surface area contributed by atoms with E-state index in [2.05, 4.69) is 38.0 Å². The van der Waals surface area contributed by atoms with Crippen LogP contribution in [0.2, 0.25) is 0 Å². The SMILES string of the molecule is CCC(NC(=O)N1CCC(C)(CC(C)C)CC1)c1nccs1. The van der Waals surface area contributed by atoms with Gasteiger partial charge >= 0.3 is 6.03 Å². The van der Waals surface area contributed by atoms with Crippen molar-refractivity contribution < 1.29 is 4.79 Å². The molecule has 2 rings (SSSR count). The van der Waals surface area contributed by atoms with E-state index in [-0.39, 0.29) is 12.1 Å². The molecule has 1 N–H and O–H groups in total. The highest BCUT2D eigenvalue weighted by Gasteiger charge is 2.32.